The van der Waals surface area contributed by atoms with Gasteiger partial charge in [-0.2, -0.15) is 16.7 Å². The lowest BCUT2D eigenvalue weighted by atomic mass is 9.95. The lowest BCUT2D eigenvalue weighted by molar-refractivity contribution is 0.400. The summed E-state index contributed by atoms with van der Waals surface area (Å²) in [6.45, 7) is 0. The maximum Gasteiger partial charge on any atom is 0.238 e. The van der Waals surface area contributed by atoms with Gasteiger partial charge in [-0.15, -0.1) is 0 Å². The Morgan fingerprint density at radius 2 is 2.06 bits per heavy atom. The molecule has 2 rings (SSSR count). The van der Waals surface area contributed by atoms with Gasteiger partial charge in [-0.05, 0) is 44.1 Å². The summed E-state index contributed by atoms with van der Waals surface area (Å²) in [5.74, 6) is 1.35. The number of thioether (sulfide) groups is 1. The first kappa shape index (κ1) is 13.3. The molecule has 1 aromatic heterocycles. The quantitative estimate of drug-likeness (QED) is 0.878. The van der Waals surface area contributed by atoms with Crippen LogP contribution < -0.4 is 15.8 Å². The number of methoxy groups -OCH3 is 1. The Morgan fingerprint density at radius 1 is 1.33 bits per heavy atom. The predicted molar refractivity (Wildman–Crippen MR) is 78.4 cm³/mol. The fourth-order valence-corrected chi connectivity index (χ4v) is 3.09. The first-order chi connectivity index (χ1) is 8.72. The molecule has 3 N–H and O–H groups in total. The number of pyridine rings is 1. The fourth-order valence-electron chi connectivity index (χ4n) is 2.35. The highest BCUT2D eigenvalue weighted by Gasteiger charge is 2.20. The van der Waals surface area contributed by atoms with Crippen LogP contribution in [0.3, 0.4) is 0 Å². The van der Waals surface area contributed by atoms with E-state index in [1.807, 2.05) is 23.9 Å². The molecule has 0 aromatic carbocycles. The topological polar surface area (TPSA) is 60.2 Å². The molecule has 1 heterocycles. The summed E-state index contributed by atoms with van der Waals surface area (Å²) in [5.41, 5.74) is 6.33. The van der Waals surface area contributed by atoms with Crippen LogP contribution in [-0.2, 0) is 0 Å². The van der Waals surface area contributed by atoms with Gasteiger partial charge in [0.25, 0.3) is 0 Å². The van der Waals surface area contributed by atoms with Crippen molar-refractivity contribution in [2.45, 2.75) is 37.0 Å². The third kappa shape index (κ3) is 3.22. The Balaban J connectivity index is 1.94. The molecule has 5 heteroatoms. The molecule has 0 amide bonds. The molecule has 0 saturated heterocycles. The summed E-state index contributed by atoms with van der Waals surface area (Å²) in [6, 6.07) is 4.27. The minimum absolute atomic E-state index is 0.498. The van der Waals surface area contributed by atoms with E-state index in [1.54, 1.807) is 7.11 Å². The van der Waals surface area contributed by atoms with E-state index in [0.717, 1.165) is 11.1 Å². The first-order valence-corrected chi connectivity index (χ1v) is 7.61. The van der Waals surface area contributed by atoms with E-state index >= 15 is 0 Å². The van der Waals surface area contributed by atoms with E-state index in [1.165, 1.54) is 25.7 Å². The number of hydrogen-bond donors (Lipinski definition) is 2. The summed E-state index contributed by atoms with van der Waals surface area (Å²) >= 11 is 1.98. The number of anilines is 2. The van der Waals surface area contributed by atoms with Crippen molar-refractivity contribution in [2.75, 3.05) is 24.4 Å². The highest BCUT2D eigenvalue weighted by Crippen LogP contribution is 2.29. The molecule has 1 fully saturated rings. The Kier molecular flexibility index (Phi) is 4.58. The maximum absolute atomic E-state index is 5.75. The zero-order valence-electron chi connectivity index (χ0n) is 11.0. The van der Waals surface area contributed by atoms with Gasteiger partial charge in [-0.1, -0.05) is 0 Å². The third-order valence-corrected chi connectivity index (χ3v) is 4.58. The van der Waals surface area contributed by atoms with Crippen LogP contribution in [0.2, 0.25) is 0 Å². The van der Waals surface area contributed by atoms with Crippen LogP contribution in [0.15, 0.2) is 12.1 Å². The number of nitrogen functional groups attached to an aromatic ring is 1. The lowest BCUT2D eigenvalue weighted by Crippen LogP contribution is -2.27. The minimum atomic E-state index is 0.498. The molecule has 1 saturated carbocycles. The van der Waals surface area contributed by atoms with Crippen molar-refractivity contribution >= 4 is 23.3 Å². The van der Waals surface area contributed by atoms with E-state index in [0.29, 0.717) is 17.6 Å². The number of nitrogens with one attached hydrogen (secondary N) is 1. The first-order valence-electron chi connectivity index (χ1n) is 6.32. The Bertz CT molecular complexity index is 392. The maximum atomic E-state index is 5.75. The van der Waals surface area contributed by atoms with Crippen LogP contribution >= 0.6 is 11.8 Å². The van der Waals surface area contributed by atoms with Gasteiger partial charge in [-0.25, -0.2) is 0 Å². The largest absolute Gasteiger partial charge is 0.479 e. The van der Waals surface area contributed by atoms with Crippen molar-refractivity contribution in [1.29, 1.82) is 0 Å². The molecular weight excluding hydrogens is 246 g/mol. The van der Waals surface area contributed by atoms with Crippen LogP contribution in [0.5, 0.6) is 5.88 Å². The van der Waals surface area contributed by atoms with Gasteiger partial charge in [-0.3, -0.25) is 0 Å². The molecule has 0 radical (unpaired) electrons. The highest BCUT2D eigenvalue weighted by molar-refractivity contribution is 7.99. The monoisotopic (exact) mass is 267 g/mol. The molecule has 100 valence electrons. The molecule has 0 bridgehead atoms. The van der Waals surface area contributed by atoms with Crippen molar-refractivity contribution in [2.24, 2.45) is 0 Å². The summed E-state index contributed by atoms with van der Waals surface area (Å²) in [4.78, 5) is 4.36. The molecule has 0 spiro atoms. The minimum Gasteiger partial charge on any atom is -0.479 e. The molecule has 1 aromatic rings. The molecule has 0 atom stereocenters. The molecule has 1 aliphatic rings. The SMILES string of the molecule is COc1nc(NC2CCC(SC)CC2)ccc1N. The fraction of sp³-hybridized carbons (Fsp3) is 0.615. The van der Waals surface area contributed by atoms with E-state index < -0.39 is 0 Å². The third-order valence-electron chi connectivity index (χ3n) is 3.44. The Labute approximate surface area is 113 Å². The van der Waals surface area contributed by atoms with Gasteiger partial charge in [0.05, 0.1) is 12.8 Å². The van der Waals surface area contributed by atoms with Gasteiger partial charge >= 0.3 is 0 Å². The second kappa shape index (κ2) is 6.18. The van der Waals surface area contributed by atoms with Gasteiger partial charge in [0.1, 0.15) is 5.82 Å². The molecule has 4 nitrogen and oxygen atoms in total. The van der Waals surface area contributed by atoms with Crippen molar-refractivity contribution < 1.29 is 4.74 Å². The van der Waals surface area contributed by atoms with Crippen molar-refractivity contribution in [3.8, 4) is 5.88 Å². The lowest BCUT2D eigenvalue weighted by Gasteiger charge is -2.28. The normalized spacial score (nSPS) is 23.7. The molecule has 1 aliphatic carbocycles. The van der Waals surface area contributed by atoms with E-state index in [4.69, 9.17) is 10.5 Å². The smallest absolute Gasteiger partial charge is 0.238 e. The predicted octanol–water partition coefficient (Wildman–Crippen LogP) is 2.76. The van der Waals surface area contributed by atoms with E-state index in [2.05, 4.69) is 16.6 Å². The zero-order valence-corrected chi connectivity index (χ0v) is 11.8. The van der Waals surface area contributed by atoms with Gasteiger partial charge in [0, 0.05) is 11.3 Å². The van der Waals surface area contributed by atoms with E-state index in [-0.39, 0.29) is 0 Å². The van der Waals surface area contributed by atoms with Crippen molar-refractivity contribution in [1.82, 2.24) is 4.98 Å². The van der Waals surface area contributed by atoms with Crippen LogP contribution in [0, 0.1) is 0 Å². The zero-order chi connectivity index (χ0) is 13.0. The van der Waals surface area contributed by atoms with Gasteiger partial charge in [0.2, 0.25) is 5.88 Å². The van der Waals surface area contributed by atoms with Crippen LogP contribution in [0.1, 0.15) is 25.7 Å². The Morgan fingerprint density at radius 3 is 2.67 bits per heavy atom. The van der Waals surface area contributed by atoms with Crippen molar-refractivity contribution in [3.05, 3.63) is 12.1 Å². The summed E-state index contributed by atoms with van der Waals surface area (Å²) in [7, 11) is 1.59. The summed E-state index contributed by atoms with van der Waals surface area (Å²) in [6.07, 6.45) is 7.18. The molecule has 0 aliphatic heterocycles. The van der Waals surface area contributed by atoms with Gasteiger partial charge in [0.15, 0.2) is 0 Å². The molecule has 18 heavy (non-hydrogen) atoms. The number of aromatic nitrogens is 1. The van der Waals surface area contributed by atoms with Gasteiger partial charge < -0.3 is 15.8 Å². The molecule has 0 unspecified atom stereocenters. The number of nitrogens with two attached hydrogens (primary N) is 1. The van der Waals surface area contributed by atoms with Crippen LogP contribution in [-0.4, -0.2) is 29.6 Å². The van der Waals surface area contributed by atoms with Crippen LogP contribution in [0.25, 0.3) is 0 Å². The second-order valence-corrected chi connectivity index (χ2v) is 5.79. The number of nitrogens with zero attached hydrogens (tertiary/aromatic N) is 1. The average Bonchev–Trinajstić information content (AvgIpc) is 2.42. The average molecular weight is 267 g/mol. The highest BCUT2D eigenvalue weighted by atomic mass is 32.2. The van der Waals surface area contributed by atoms with Crippen molar-refractivity contribution in [3.63, 3.8) is 0 Å². The number of ether oxygens (including phenoxy) is 1. The second-order valence-electron chi connectivity index (χ2n) is 4.65. The van der Waals surface area contributed by atoms with E-state index in [9.17, 15) is 0 Å². The number of hydrogen-bond acceptors (Lipinski definition) is 5. The van der Waals surface area contributed by atoms with Crippen LogP contribution in [0.4, 0.5) is 11.5 Å². The summed E-state index contributed by atoms with van der Waals surface area (Å²) in [5, 5.41) is 4.30. The standard InChI is InChI=1S/C13H21N3OS/c1-17-13-11(14)7-8-12(16-13)15-9-3-5-10(18-2)6-4-9/h7-10H,3-6,14H2,1-2H3,(H,15,16). The molecular formula is C13H21N3OS. The number of rotatable bonds is 4. The Hall–Kier alpha value is -1.10. The summed E-state index contributed by atoms with van der Waals surface area (Å²) < 4.78 is 5.13.